The lowest BCUT2D eigenvalue weighted by molar-refractivity contribution is 0.214. The molecule has 2 aromatic carbocycles. The number of aromatic nitrogens is 1. The molecule has 0 aliphatic carbocycles. The second-order valence-electron chi connectivity index (χ2n) is 9.06. The highest BCUT2D eigenvalue weighted by Crippen LogP contribution is 2.49. The molecular formula is C28H32N2O. The average molecular weight is 413 g/mol. The SMILES string of the molecule is C=C(/C=C\C=C(C)C)OCCn1cc(C2Nc3ccccc3C2(C)C)c2ccccc21. The highest BCUT2D eigenvalue weighted by atomic mass is 16.5. The molecular weight excluding hydrogens is 380 g/mol. The standard InChI is InChI=1S/C28H32N2O/c1-20(2)11-10-12-21(3)31-18-17-30-19-23(22-13-6-9-16-26(22)30)27-28(4,5)24-14-7-8-15-25(24)29-27/h6-16,19,27,29H,3,17-18H2,1-2,4-5H3/b12-10-. The quantitative estimate of drug-likeness (QED) is 0.330. The first-order chi connectivity index (χ1) is 14.9. The molecule has 31 heavy (non-hydrogen) atoms. The number of hydrogen-bond donors (Lipinski definition) is 1. The van der Waals surface area contributed by atoms with Crippen molar-refractivity contribution in [1.29, 1.82) is 0 Å². The van der Waals surface area contributed by atoms with Crippen molar-refractivity contribution in [2.45, 2.75) is 45.7 Å². The molecule has 1 aliphatic rings. The smallest absolute Gasteiger partial charge is 0.112 e. The molecule has 0 saturated heterocycles. The lowest BCUT2D eigenvalue weighted by atomic mass is 9.78. The molecule has 2 heterocycles. The van der Waals surface area contributed by atoms with Gasteiger partial charge in [-0.25, -0.2) is 0 Å². The summed E-state index contributed by atoms with van der Waals surface area (Å²) in [7, 11) is 0. The molecule has 1 aromatic heterocycles. The fourth-order valence-electron chi connectivity index (χ4n) is 4.49. The number of anilines is 1. The van der Waals surface area contributed by atoms with Crippen molar-refractivity contribution >= 4 is 16.6 Å². The molecule has 0 radical (unpaired) electrons. The number of benzene rings is 2. The van der Waals surface area contributed by atoms with E-state index in [0.29, 0.717) is 12.4 Å². The monoisotopic (exact) mass is 412 g/mol. The molecule has 1 atom stereocenters. The van der Waals surface area contributed by atoms with E-state index in [1.54, 1.807) is 0 Å². The van der Waals surface area contributed by atoms with Gasteiger partial charge in [0.05, 0.1) is 12.6 Å². The van der Waals surface area contributed by atoms with Crippen molar-refractivity contribution in [2.24, 2.45) is 0 Å². The zero-order valence-electron chi connectivity index (χ0n) is 19.0. The van der Waals surface area contributed by atoms with E-state index < -0.39 is 0 Å². The van der Waals surface area contributed by atoms with E-state index in [1.807, 2.05) is 12.2 Å². The number of allylic oxidation sites excluding steroid dienone is 4. The predicted octanol–water partition coefficient (Wildman–Crippen LogP) is 7.14. The Morgan fingerprint density at radius 2 is 1.87 bits per heavy atom. The summed E-state index contributed by atoms with van der Waals surface area (Å²) in [5, 5.41) is 5.07. The normalized spacial score (nSPS) is 16.8. The highest BCUT2D eigenvalue weighted by Gasteiger charge is 2.41. The van der Waals surface area contributed by atoms with Crippen LogP contribution in [0.4, 0.5) is 5.69 Å². The Morgan fingerprint density at radius 1 is 1.13 bits per heavy atom. The van der Waals surface area contributed by atoms with E-state index in [4.69, 9.17) is 4.74 Å². The van der Waals surface area contributed by atoms with Gasteiger partial charge < -0.3 is 14.6 Å². The van der Waals surface area contributed by atoms with E-state index in [9.17, 15) is 0 Å². The number of rotatable bonds is 7. The van der Waals surface area contributed by atoms with Crippen molar-refractivity contribution in [2.75, 3.05) is 11.9 Å². The number of fused-ring (bicyclic) bond motifs is 2. The second kappa shape index (κ2) is 8.50. The van der Waals surface area contributed by atoms with Gasteiger partial charge in [-0.05, 0) is 37.6 Å². The Labute approximate surface area is 185 Å². The van der Waals surface area contributed by atoms with Crippen LogP contribution in [0.3, 0.4) is 0 Å². The molecule has 0 fully saturated rings. The summed E-state index contributed by atoms with van der Waals surface area (Å²) < 4.78 is 8.16. The van der Waals surface area contributed by atoms with Gasteiger partial charge in [0.25, 0.3) is 0 Å². The molecule has 3 heteroatoms. The maximum atomic E-state index is 5.86. The number of nitrogens with zero attached hydrogens (tertiary/aromatic N) is 1. The molecule has 1 unspecified atom stereocenters. The number of para-hydroxylation sites is 2. The van der Waals surface area contributed by atoms with Crippen LogP contribution in [0, 0.1) is 0 Å². The molecule has 3 nitrogen and oxygen atoms in total. The van der Waals surface area contributed by atoms with Crippen LogP contribution in [0.15, 0.2) is 90.9 Å². The lowest BCUT2D eigenvalue weighted by Gasteiger charge is -2.27. The first-order valence-corrected chi connectivity index (χ1v) is 10.9. The maximum Gasteiger partial charge on any atom is 0.112 e. The van der Waals surface area contributed by atoms with Crippen LogP contribution in [-0.2, 0) is 16.7 Å². The summed E-state index contributed by atoms with van der Waals surface area (Å²) in [6.07, 6.45) is 8.23. The zero-order chi connectivity index (χ0) is 22.0. The van der Waals surface area contributed by atoms with Gasteiger partial charge in [-0.15, -0.1) is 0 Å². The maximum absolute atomic E-state index is 5.86. The molecule has 0 bridgehead atoms. The Bertz CT molecular complexity index is 1160. The zero-order valence-corrected chi connectivity index (χ0v) is 19.0. The third kappa shape index (κ3) is 4.18. The van der Waals surface area contributed by atoms with Crippen LogP contribution in [0.5, 0.6) is 0 Å². The number of nitrogens with one attached hydrogen (secondary N) is 1. The fraction of sp³-hybridized carbons (Fsp3) is 0.286. The van der Waals surface area contributed by atoms with Crippen LogP contribution in [0.1, 0.15) is 44.9 Å². The van der Waals surface area contributed by atoms with Crippen LogP contribution < -0.4 is 5.32 Å². The Hall–Kier alpha value is -3.20. The first-order valence-electron chi connectivity index (χ1n) is 10.9. The first kappa shape index (κ1) is 21.0. The van der Waals surface area contributed by atoms with Crippen LogP contribution in [-0.4, -0.2) is 11.2 Å². The topological polar surface area (TPSA) is 26.2 Å². The summed E-state index contributed by atoms with van der Waals surface area (Å²) in [6.45, 7) is 14.2. The van der Waals surface area contributed by atoms with Crippen molar-refractivity contribution in [3.63, 3.8) is 0 Å². The van der Waals surface area contributed by atoms with Crippen LogP contribution in [0.2, 0.25) is 0 Å². The molecule has 0 saturated carbocycles. The minimum absolute atomic E-state index is 0.00601. The number of hydrogen-bond acceptors (Lipinski definition) is 2. The minimum Gasteiger partial charge on any atom is -0.492 e. The van der Waals surface area contributed by atoms with E-state index in [1.165, 1.54) is 33.3 Å². The minimum atomic E-state index is 0.00601. The van der Waals surface area contributed by atoms with Gasteiger partial charge in [0.15, 0.2) is 0 Å². The van der Waals surface area contributed by atoms with Gasteiger partial charge >= 0.3 is 0 Å². The van der Waals surface area contributed by atoms with Gasteiger partial charge in [0, 0.05) is 33.8 Å². The Balaban J connectivity index is 1.56. The molecule has 4 rings (SSSR count). The summed E-state index contributed by atoms with van der Waals surface area (Å²) in [5.74, 6) is 0.684. The molecule has 3 aromatic rings. The molecule has 1 aliphatic heterocycles. The van der Waals surface area contributed by atoms with Gasteiger partial charge in [-0.3, -0.25) is 0 Å². The summed E-state index contributed by atoms with van der Waals surface area (Å²) in [4.78, 5) is 0. The van der Waals surface area contributed by atoms with E-state index in [0.717, 1.165) is 6.54 Å². The largest absolute Gasteiger partial charge is 0.492 e. The van der Waals surface area contributed by atoms with E-state index >= 15 is 0 Å². The number of ether oxygens (including phenoxy) is 1. The third-order valence-electron chi connectivity index (χ3n) is 6.10. The third-order valence-corrected chi connectivity index (χ3v) is 6.10. The van der Waals surface area contributed by atoms with E-state index in [2.05, 4.69) is 105 Å². The molecule has 160 valence electrons. The highest BCUT2D eigenvalue weighted by molar-refractivity contribution is 5.86. The van der Waals surface area contributed by atoms with E-state index in [-0.39, 0.29) is 11.5 Å². The summed E-state index contributed by atoms with van der Waals surface area (Å²) >= 11 is 0. The van der Waals surface area contributed by atoms with Crippen molar-refractivity contribution in [3.8, 4) is 0 Å². The molecule has 0 spiro atoms. The lowest BCUT2D eigenvalue weighted by Crippen LogP contribution is -2.25. The van der Waals surface area contributed by atoms with Crippen LogP contribution >= 0.6 is 0 Å². The van der Waals surface area contributed by atoms with Gasteiger partial charge in [-0.2, -0.15) is 0 Å². The average Bonchev–Trinajstić information content (AvgIpc) is 3.23. The molecule has 1 N–H and O–H groups in total. The Kier molecular flexibility index (Phi) is 5.77. The van der Waals surface area contributed by atoms with Crippen molar-refractivity contribution in [3.05, 3.63) is 102 Å². The fourth-order valence-corrected chi connectivity index (χ4v) is 4.49. The van der Waals surface area contributed by atoms with Crippen molar-refractivity contribution < 1.29 is 4.74 Å². The van der Waals surface area contributed by atoms with Crippen molar-refractivity contribution in [1.82, 2.24) is 4.57 Å². The summed E-state index contributed by atoms with van der Waals surface area (Å²) in [6, 6.07) is 17.5. The Morgan fingerprint density at radius 3 is 2.65 bits per heavy atom. The second-order valence-corrected chi connectivity index (χ2v) is 9.06. The predicted molar refractivity (Wildman–Crippen MR) is 131 cm³/mol. The van der Waals surface area contributed by atoms with Gasteiger partial charge in [-0.1, -0.05) is 74.5 Å². The van der Waals surface area contributed by atoms with Crippen LogP contribution in [0.25, 0.3) is 10.9 Å². The van der Waals surface area contributed by atoms with Gasteiger partial charge in [0.1, 0.15) is 12.4 Å². The summed E-state index contributed by atoms with van der Waals surface area (Å²) in [5.41, 5.74) is 6.43. The molecule has 0 amide bonds. The van der Waals surface area contributed by atoms with Gasteiger partial charge in [0.2, 0.25) is 0 Å².